The molecule has 0 fully saturated rings. The first-order chi connectivity index (χ1) is 9.25. The van der Waals surface area contributed by atoms with Crippen molar-refractivity contribution in [1.82, 2.24) is 9.97 Å². The normalized spacial score (nSPS) is 10.6. The molecule has 0 aliphatic heterocycles. The third-order valence-electron chi connectivity index (χ3n) is 2.82. The van der Waals surface area contributed by atoms with Crippen LogP contribution in [0.5, 0.6) is 0 Å². The molecule has 2 aromatic heterocycles. The van der Waals surface area contributed by atoms with Crippen molar-refractivity contribution < 1.29 is 4.79 Å². The van der Waals surface area contributed by atoms with Gasteiger partial charge in [-0.2, -0.15) is 0 Å². The number of pyridine rings is 2. The Morgan fingerprint density at radius 3 is 2.74 bits per heavy atom. The van der Waals surface area contributed by atoms with Crippen molar-refractivity contribution in [2.24, 2.45) is 0 Å². The lowest BCUT2D eigenvalue weighted by atomic mass is 10.1. The fraction of sp³-hybridized carbons (Fsp3) is 0. The molecule has 0 N–H and O–H groups in total. The SMILES string of the molecule is O=C(c1cccnc1)c1nc2ccccc2cc1Br. The van der Waals surface area contributed by atoms with Crippen LogP contribution in [0.1, 0.15) is 16.1 Å². The van der Waals surface area contributed by atoms with Crippen molar-refractivity contribution in [3.63, 3.8) is 0 Å². The average molecular weight is 313 g/mol. The summed E-state index contributed by atoms with van der Waals surface area (Å²) in [7, 11) is 0. The van der Waals surface area contributed by atoms with E-state index in [9.17, 15) is 4.79 Å². The molecule has 3 rings (SSSR count). The quantitative estimate of drug-likeness (QED) is 0.679. The van der Waals surface area contributed by atoms with Gasteiger partial charge in [0.1, 0.15) is 5.69 Å². The van der Waals surface area contributed by atoms with E-state index in [4.69, 9.17) is 0 Å². The summed E-state index contributed by atoms with van der Waals surface area (Å²) in [5.41, 5.74) is 1.75. The van der Waals surface area contributed by atoms with E-state index in [0.29, 0.717) is 15.7 Å². The Morgan fingerprint density at radius 1 is 1.11 bits per heavy atom. The highest BCUT2D eigenvalue weighted by Gasteiger charge is 2.15. The zero-order chi connectivity index (χ0) is 13.2. The number of ketones is 1. The fourth-order valence-electron chi connectivity index (χ4n) is 1.88. The third-order valence-corrected chi connectivity index (χ3v) is 3.42. The van der Waals surface area contributed by atoms with Crippen molar-refractivity contribution in [3.05, 3.63) is 70.6 Å². The van der Waals surface area contributed by atoms with E-state index in [0.717, 1.165) is 10.9 Å². The number of halogens is 1. The van der Waals surface area contributed by atoms with Crippen molar-refractivity contribution in [1.29, 1.82) is 0 Å². The lowest BCUT2D eigenvalue weighted by Crippen LogP contribution is -2.05. The Hall–Kier alpha value is -2.07. The molecule has 92 valence electrons. The maximum atomic E-state index is 12.4. The minimum atomic E-state index is -0.134. The second-order valence-electron chi connectivity index (χ2n) is 4.08. The zero-order valence-electron chi connectivity index (χ0n) is 9.88. The van der Waals surface area contributed by atoms with Crippen LogP contribution in [0.15, 0.2) is 59.3 Å². The highest BCUT2D eigenvalue weighted by atomic mass is 79.9. The van der Waals surface area contributed by atoms with E-state index in [1.165, 1.54) is 0 Å². The van der Waals surface area contributed by atoms with Crippen LogP contribution in [0.25, 0.3) is 10.9 Å². The smallest absolute Gasteiger partial charge is 0.214 e. The van der Waals surface area contributed by atoms with Gasteiger partial charge in [-0.05, 0) is 40.2 Å². The number of hydrogen-bond acceptors (Lipinski definition) is 3. The molecule has 0 saturated heterocycles. The number of rotatable bonds is 2. The maximum Gasteiger partial charge on any atom is 0.214 e. The topological polar surface area (TPSA) is 42.9 Å². The van der Waals surface area contributed by atoms with Gasteiger partial charge in [-0.1, -0.05) is 18.2 Å². The van der Waals surface area contributed by atoms with Gasteiger partial charge in [0, 0.05) is 27.8 Å². The molecule has 0 saturated carbocycles. The first kappa shape index (κ1) is 12.0. The molecular weight excluding hydrogens is 304 g/mol. The van der Waals surface area contributed by atoms with Crippen LogP contribution in [-0.2, 0) is 0 Å². The van der Waals surface area contributed by atoms with E-state index < -0.39 is 0 Å². The number of benzene rings is 1. The Kier molecular flexibility index (Phi) is 3.09. The van der Waals surface area contributed by atoms with Crippen LogP contribution in [0.3, 0.4) is 0 Å². The molecule has 1 aromatic carbocycles. The predicted molar refractivity (Wildman–Crippen MR) is 77.1 cm³/mol. The second kappa shape index (κ2) is 4.90. The molecule has 0 amide bonds. The van der Waals surface area contributed by atoms with Gasteiger partial charge in [-0.3, -0.25) is 9.78 Å². The molecule has 19 heavy (non-hydrogen) atoms. The van der Waals surface area contributed by atoms with Gasteiger partial charge in [-0.15, -0.1) is 0 Å². The van der Waals surface area contributed by atoms with E-state index in [-0.39, 0.29) is 5.78 Å². The van der Waals surface area contributed by atoms with Crippen molar-refractivity contribution in [3.8, 4) is 0 Å². The monoisotopic (exact) mass is 312 g/mol. The Morgan fingerprint density at radius 2 is 1.95 bits per heavy atom. The molecule has 3 nitrogen and oxygen atoms in total. The largest absolute Gasteiger partial charge is 0.287 e. The van der Waals surface area contributed by atoms with Crippen LogP contribution < -0.4 is 0 Å². The molecule has 4 heteroatoms. The molecule has 2 heterocycles. The first-order valence-corrected chi connectivity index (χ1v) is 6.55. The van der Waals surface area contributed by atoms with Gasteiger partial charge < -0.3 is 0 Å². The van der Waals surface area contributed by atoms with E-state index in [1.807, 2.05) is 30.3 Å². The van der Waals surface area contributed by atoms with Gasteiger partial charge in [0.15, 0.2) is 0 Å². The summed E-state index contributed by atoms with van der Waals surface area (Å²) in [5.74, 6) is -0.134. The summed E-state index contributed by atoms with van der Waals surface area (Å²) < 4.78 is 0.694. The Balaban J connectivity index is 2.15. The van der Waals surface area contributed by atoms with Gasteiger partial charge in [0.25, 0.3) is 0 Å². The first-order valence-electron chi connectivity index (χ1n) is 5.76. The fourth-order valence-corrected chi connectivity index (χ4v) is 2.40. The molecule has 0 radical (unpaired) electrons. The summed E-state index contributed by atoms with van der Waals surface area (Å²) in [5, 5.41) is 0.997. The molecule has 0 aliphatic rings. The third kappa shape index (κ3) is 2.27. The highest BCUT2D eigenvalue weighted by Crippen LogP contribution is 2.23. The standard InChI is InChI=1S/C15H9BrN2O/c16-12-8-10-4-1-2-6-13(10)18-14(12)15(19)11-5-3-7-17-9-11/h1-9H. The number of hydrogen-bond donors (Lipinski definition) is 0. The zero-order valence-corrected chi connectivity index (χ0v) is 11.5. The summed E-state index contributed by atoms with van der Waals surface area (Å²) >= 11 is 3.41. The van der Waals surface area contributed by atoms with Crippen LogP contribution in [0.2, 0.25) is 0 Å². The summed E-state index contributed by atoms with van der Waals surface area (Å²) in [4.78, 5) is 20.8. The number of para-hydroxylation sites is 1. The molecule has 0 atom stereocenters. The van der Waals surface area contributed by atoms with Crippen molar-refractivity contribution in [2.45, 2.75) is 0 Å². The van der Waals surface area contributed by atoms with Crippen LogP contribution >= 0.6 is 15.9 Å². The van der Waals surface area contributed by atoms with Gasteiger partial charge in [0.2, 0.25) is 5.78 Å². The van der Waals surface area contributed by atoms with Gasteiger partial charge in [-0.25, -0.2) is 4.98 Å². The second-order valence-corrected chi connectivity index (χ2v) is 4.94. The molecule has 0 aliphatic carbocycles. The number of aromatic nitrogens is 2. The summed E-state index contributed by atoms with van der Waals surface area (Å²) in [6.45, 7) is 0. The Labute approximate surface area is 118 Å². The van der Waals surface area contributed by atoms with Gasteiger partial charge >= 0.3 is 0 Å². The molecule has 3 aromatic rings. The number of fused-ring (bicyclic) bond motifs is 1. The minimum absolute atomic E-state index is 0.134. The molecule has 0 unspecified atom stereocenters. The predicted octanol–water partition coefficient (Wildman–Crippen LogP) is 3.62. The summed E-state index contributed by atoms with van der Waals surface area (Å²) in [6, 6.07) is 13.1. The maximum absolute atomic E-state index is 12.4. The lowest BCUT2D eigenvalue weighted by Gasteiger charge is -2.05. The lowest BCUT2D eigenvalue weighted by molar-refractivity contribution is 0.103. The van der Waals surface area contributed by atoms with E-state index in [2.05, 4.69) is 25.9 Å². The Bertz CT molecular complexity index is 756. The molecule has 0 spiro atoms. The van der Waals surface area contributed by atoms with E-state index in [1.54, 1.807) is 24.5 Å². The minimum Gasteiger partial charge on any atom is -0.287 e. The number of carbonyl (C=O) groups excluding carboxylic acids is 1. The van der Waals surface area contributed by atoms with Crippen LogP contribution in [0.4, 0.5) is 0 Å². The molecule has 0 bridgehead atoms. The molecular formula is C15H9BrN2O. The van der Waals surface area contributed by atoms with E-state index >= 15 is 0 Å². The van der Waals surface area contributed by atoms with Gasteiger partial charge in [0.05, 0.1) is 5.52 Å². The van der Waals surface area contributed by atoms with Crippen LogP contribution in [-0.4, -0.2) is 15.8 Å². The average Bonchev–Trinajstić information content (AvgIpc) is 2.47. The highest BCUT2D eigenvalue weighted by molar-refractivity contribution is 9.10. The van der Waals surface area contributed by atoms with Crippen molar-refractivity contribution >= 4 is 32.6 Å². The number of nitrogens with zero attached hydrogens (tertiary/aromatic N) is 2. The number of carbonyl (C=O) groups is 1. The summed E-state index contributed by atoms with van der Waals surface area (Å²) in [6.07, 6.45) is 3.19. The van der Waals surface area contributed by atoms with Crippen molar-refractivity contribution in [2.75, 3.05) is 0 Å². The van der Waals surface area contributed by atoms with Crippen LogP contribution in [0, 0.1) is 0 Å².